The molecule has 4 saturated heterocycles. The van der Waals surface area contributed by atoms with Crippen LogP contribution in [0.25, 0.3) is 21.5 Å². The first-order chi connectivity index (χ1) is 43.2. The lowest BCUT2D eigenvalue weighted by Crippen LogP contribution is -2.55. The molecule has 6 aromatic rings. The van der Waals surface area contributed by atoms with Gasteiger partial charge < -0.3 is 43.8 Å². The van der Waals surface area contributed by atoms with Crippen molar-refractivity contribution >= 4 is 79.3 Å². The van der Waals surface area contributed by atoms with Crippen molar-refractivity contribution in [3.8, 4) is 36.0 Å². The summed E-state index contributed by atoms with van der Waals surface area (Å²) < 4.78 is 27.8. The van der Waals surface area contributed by atoms with Gasteiger partial charge in [0.15, 0.2) is 5.83 Å². The number of nitrogens with zero attached hydrogens (tertiary/aromatic N) is 14. The molecule has 0 aliphatic carbocycles. The Morgan fingerprint density at radius 1 is 0.663 bits per heavy atom. The zero-order chi connectivity index (χ0) is 62.2. The minimum atomic E-state index is -1.08. The molecule has 6 aliphatic rings. The van der Waals surface area contributed by atoms with Crippen molar-refractivity contribution in [1.29, 1.82) is 21.0 Å². The van der Waals surface area contributed by atoms with Crippen LogP contribution >= 0.6 is 23.2 Å². The molecule has 8 heterocycles. The Balaban J connectivity index is 0.848. The summed E-state index contributed by atoms with van der Waals surface area (Å²) in [5.41, 5.74) is 8.41. The number of aromatic nitrogens is 2. The Hall–Kier alpha value is -8.69. The summed E-state index contributed by atoms with van der Waals surface area (Å²) in [6.07, 6.45) is 5.02. The van der Waals surface area contributed by atoms with E-state index < -0.39 is 23.8 Å². The number of pyridine rings is 2. The van der Waals surface area contributed by atoms with Crippen LogP contribution < -0.4 is 29.1 Å². The van der Waals surface area contributed by atoms with Gasteiger partial charge in [0, 0.05) is 110 Å². The number of hydrogen-bond donors (Lipinski definition) is 0. The van der Waals surface area contributed by atoms with Gasteiger partial charge in [-0.05, 0) is 105 Å². The Labute approximate surface area is 528 Å². The number of piperazine rings is 2. The van der Waals surface area contributed by atoms with Gasteiger partial charge in [-0.15, -0.1) is 0 Å². The summed E-state index contributed by atoms with van der Waals surface area (Å²) in [7, 11) is 4.20. The molecule has 2 amide bonds. The summed E-state index contributed by atoms with van der Waals surface area (Å²) in [6.45, 7) is 13.1. The minimum absolute atomic E-state index is 0.0305. The molecule has 0 saturated carbocycles. The maximum Gasteiger partial charge on any atom is 0.282 e. The number of nitriles is 4. The third-order valence-electron chi connectivity index (χ3n) is 19.0. The van der Waals surface area contributed by atoms with Crippen molar-refractivity contribution in [2.75, 3.05) is 112 Å². The van der Waals surface area contributed by atoms with Crippen LogP contribution in [0.15, 0.2) is 91.8 Å². The largest absolute Gasteiger partial charge is 0.476 e. The molecule has 5 unspecified atom stereocenters. The first kappa shape index (κ1) is 60.6. The molecule has 0 spiro atoms. The molecule has 0 bridgehead atoms. The predicted octanol–water partition coefficient (Wildman–Crippen LogP) is 10.0. The molecular formula is C68H69Cl2FN14O4. The monoisotopic (exact) mass is 1230 g/mol. The van der Waals surface area contributed by atoms with Gasteiger partial charge in [-0.3, -0.25) is 14.5 Å². The number of carbonyl (C=O) groups excluding carboxylic acids is 2. The van der Waals surface area contributed by atoms with E-state index in [1.54, 1.807) is 4.90 Å². The average Bonchev–Trinajstić information content (AvgIpc) is 1.94. The van der Waals surface area contributed by atoms with Gasteiger partial charge in [0.05, 0.1) is 89.6 Å². The van der Waals surface area contributed by atoms with E-state index in [1.807, 2.05) is 35.2 Å². The number of halogens is 3. The van der Waals surface area contributed by atoms with Crippen molar-refractivity contribution in [2.24, 2.45) is 5.92 Å². The van der Waals surface area contributed by atoms with E-state index in [9.17, 15) is 35.0 Å². The van der Waals surface area contributed by atoms with Crippen molar-refractivity contribution in [1.82, 2.24) is 29.6 Å². The van der Waals surface area contributed by atoms with E-state index in [1.165, 1.54) is 11.0 Å². The van der Waals surface area contributed by atoms with Gasteiger partial charge in [-0.25, -0.2) is 14.4 Å². The highest BCUT2D eigenvalue weighted by molar-refractivity contribution is 6.37. The molecule has 21 heteroatoms. The van der Waals surface area contributed by atoms with Crippen LogP contribution in [0.3, 0.4) is 0 Å². The van der Waals surface area contributed by atoms with Crippen LogP contribution in [0, 0.1) is 51.2 Å². The molecule has 12 rings (SSSR count). The second kappa shape index (κ2) is 25.8. The number of anilines is 4. The Morgan fingerprint density at radius 3 is 1.80 bits per heavy atom. The summed E-state index contributed by atoms with van der Waals surface area (Å²) in [4.78, 5) is 52.9. The number of likely N-dealkylation sites (N-methyl/N-ethyl adjacent to an activating group) is 1. The number of hydrogen-bond acceptors (Lipinski definition) is 16. The number of ether oxygens (including phenoxy) is 2. The highest BCUT2D eigenvalue weighted by atomic mass is 35.5. The minimum Gasteiger partial charge on any atom is -0.476 e. The second-order valence-corrected chi connectivity index (χ2v) is 25.0. The van der Waals surface area contributed by atoms with Crippen molar-refractivity contribution in [3.63, 3.8) is 0 Å². The van der Waals surface area contributed by atoms with Gasteiger partial charge in [0.25, 0.3) is 5.91 Å². The highest BCUT2D eigenvalue weighted by Crippen LogP contribution is 2.46. The third-order valence-corrected chi connectivity index (χ3v) is 19.7. The Kier molecular flexibility index (Phi) is 17.6. The fourth-order valence-electron chi connectivity index (χ4n) is 14.6. The number of benzene rings is 4. The molecule has 5 atom stereocenters. The van der Waals surface area contributed by atoms with E-state index in [4.69, 9.17) is 42.6 Å². The summed E-state index contributed by atoms with van der Waals surface area (Å²) >= 11 is 14.1. The molecule has 4 fully saturated rings. The maximum atomic E-state index is 14.3. The topological polar surface area (TPSA) is 199 Å². The number of fused-ring (bicyclic) bond motifs is 4. The number of likely N-dealkylation sites (tertiary alicyclic amines) is 2. The average molecular weight is 1240 g/mol. The maximum absolute atomic E-state index is 14.3. The molecule has 6 aliphatic heterocycles. The predicted molar refractivity (Wildman–Crippen MR) is 342 cm³/mol. The van der Waals surface area contributed by atoms with Crippen LogP contribution in [0.4, 0.5) is 27.1 Å². The molecular weight excluding hydrogens is 1170 g/mol. The lowest BCUT2D eigenvalue weighted by Gasteiger charge is -2.43. The first-order valence-electron chi connectivity index (χ1n) is 30.5. The first-order valence-corrected chi connectivity index (χ1v) is 31.2. The van der Waals surface area contributed by atoms with Crippen molar-refractivity contribution < 1.29 is 23.5 Å². The molecule has 0 radical (unpaired) electrons. The van der Waals surface area contributed by atoms with Crippen LogP contribution in [0.5, 0.6) is 11.8 Å². The quantitative estimate of drug-likeness (QED) is 0.0879. The summed E-state index contributed by atoms with van der Waals surface area (Å²) in [6, 6.07) is 30.7. The highest BCUT2D eigenvalue weighted by Gasteiger charge is 2.40. The van der Waals surface area contributed by atoms with Crippen molar-refractivity contribution in [2.45, 2.75) is 82.2 Å². The van der Waals surface area contributed by atoms with Gasteiger partial charge >= 0.3 is 0 Å². The summed E-state index contributed by atoms with van der Waals surface area (Å²) in [5.74, 6) is -1.43. The summed E-state index contributed by atoms with van der Waals surface area (Å²) in [5, 5.41) is 47.2. The van der Waals surface area contributed by atoms with Gasteiger partial charge in [-0.1, -0.05) is 72.8 Å². The Morgan fingerprint density at radius 2 is 1.22 bits per heavy atom. The van der Waals surface area contributed by atoms with Gasteiger partial charge in [-0.2, -0.15) is 21.0 Å². The zero-order valence-electron chi connectivity index (χ0n) is 50.1. The second-order valence-electron chi connectivity index (χ2n) is 24.2. The standard InChI is InChI=1S/C68H69Cl2FN14O4/c1-5-61(86)84-29-27-82(36-47(84)17-22-72)65-50-20-25-80(59-14-8-10-44-9-6-12-54(69)62(44)59)38-56(50)77-67(53(65)34-75)89-41-49-15-16-58(79(49)4)46-31-45-11-7-13-55(70)63(45)60(32-46)81-26-21-51-57(39-81)76-66(88-40-43-19-24-78(3)35-43)52(33-74)64(51)83-28-30-85(68(87)42(2)71)48(37-83)18-23-73/h5-14,31-32,43,47-49,58H,1-2,15-21,24-30,35-41H2,3-4H3. The van der Waals surface area contributed by atoms with Crippen molar-refractivity contribution in [3.05, 3.63) is 141 Å². The van der Waals surface area contributed by atoms with Gasteiger partial charge in [0.2, 0.25) is 17.7 Å². The fraction of sp³-hybridized carbons (Fsp3) is 0.412. The van der Waals surface area contributed by atoms with E-state index in [2.05, 4.69) is 112 Å². The van der Waals surface area contributed by atoms with E-state index in [0.717, 1.165) is 99.0 Å². The lowest BCUT2D eigenvalue weighted by atomic mass is 9.94. The number of carbonyl (C=O) groups is 2. The van der Waals surface area contributed by atoms with Crippen LogP contribution in [0.2, 0.25) is 10.0 Å². The molecule has 4 aromatic carbocycles. The van der Waals surface area contributed by atoms with E-state index in [0.29, 0.717) is 98.7 Å². The van der Waals surface area contributed by atoms with E-state index >= 15 is 0 Å². The van der Waals surface area contributed by atoms with Gasteiger partial charge in [0.1, 0.15) is 29.9 Å². The lowest BCUT2D eigenvalue weighted by molar-refractivity contribution is -0.131. The molecule has 89 heavy (non-hydrogen) atoms. The van der Waals surface area contributed by atoms with Crippen LogP contribution in [-0.2, 0) is 35.5 Å². The van der Waals surface area contributed by atoms with E-state index in [-0.39, 0.29) is 68.2 Å². The molecule has 456 valence electrons. The smallest absolute Gasteiger partial charge is 0.282 e. The normalized spacial score (nSPS) is 21.2. The fourth-order valence-corrected chi connectivity index (χ4v) is 15.2. The molecule has 2 aromatic heterocycles. The number of rotatable bonds is 15. The SMILES string of the molecule is C=CC(=O)N1CCN(c2c(C#N)c(OCC3CCC(c4cc(N5CCc6c(nc(OCC7CCN(C)C7)c(C#N)c6N6CCN(C(=O)C(=C)F)C(CC#N)C6)C5)c5c(Cl)cccc5c4)N3C)nc3c2CCN(c2cccc4cccc(Cl)c24)C3)CC1CC#N. The molecule has 18 nitrogen and oxygen atoms in total. The number of amides is 2. The zero-order valence-corrected chi connectivity index (χ0v) is 51.6. The Bertz CT molecular complexity index is 4000. The third kappa shape index (κ3) is 11.7. The molecule has 0 N–H and O–H groups in total. The van der Waals surface area contributed by atoms with Crippen LogP contribution in [0.1, 0.15) is 77.4 Å². The van der Waals surface area contributed by atoms with Crippen LogP contribution in [-0.4, -0.2) is 152 Å².